The fourth-order valence-corrected chi connectivity index (χ4v) is 5.90. The minimum Gasteiger partial charge on any atom is -0.378 e. The minimum absolute atomic E-state index is 0.129. The number of nitrogens with one attached hydrogen (secondary N) is 2. The van der Waals surface area contributed by atoms with Crippen LogP contribution < -0.4 is 14.9 Å². The Morgan fingerprint density at radius 2 is 1.91 bits per heavy atom. The van der Waals surface area contributed by atoms with E-state index >= 15 is 0 Å². The molecule has 0 aliphatic carbocycles. The first-order chi connectivity index (χ1) is 16.5. The van der Waals surface area contributed by atoms with Gasteiger partial charge in [0.2, 0.25) is 5.91 Å². The second kappa shape index (κ2) is 9.53. The lowest BCUT2D eigenvalue weighted by Crippen LogP contribution is -2.36. The molecular formula is C23H23N5O4S2. The van der Waals surface area contributed by atoms with Crippen molar-refractivity contribution in [3.05, 3.63) is 59.5 Å². The Morgan fingerprint density at radius 1 is 1.15 bits per heavy atom. The third-order valence-corrected chi connectivity index (χ3v) is 7.81. The average molecular weight is 498 g/mol. The van der Waals surface area contributed by atoms with Gasteiger partial charge in [-0.1, -0.05) is 24.3 Å². The summed E-state index contributed by atoms with van der Waals surface area (Å²) in [6.07, 6.45) is 0.129. The van der Waals surface area contributed by atoms with Crippen LogP contribution in [0.15, 0.2) is 63.8 Å². The molecule has 2 aliphatic heterocycles. The molecule has 1 saturated heterocycles. The van der Waals surface area contributed by atoms with Crippen LogP contribution in [0.1, 0.15) is 12.0 Å². The van der Waals surface area contributed by atoms with Crippen LogP contribution >= 0.6 is 11.3 Å². The van der Waals surface area contributed by atoms with Gasteiger partial charge in [-0.25, -0.2) is 13.4 Å². The highest BCUT2D eigenvalue weighted by atomic mass is 32.2. The molecule has 0 radical (unpaired) electrons. The summed E-state index contributed by atoms with van der Waals surface area (Å²) in [7, 11) is -3.58. The van der Waals surface area contributed by atoms with E-state index in [4.69, 9.17) is 9.72 Å². The van der Waals surface area contributed by atoms with Gasteiger partial charge in [-0.2, -0.15) is 0 Å². The fourth-order valence-electron chi connectivity index (χ4n) is 3.77. The maximum atomic E-state index is 12.3. The monoisotopic (exact) mass is 497 g/mol. The predicted octanol–water partition coefficient (Wildman–Crippen LogP) is 2.71. The molecule has 34 heavy (non-hydrogen) atoms. The number of sulfonamides is 1. The van der Waals surface area contributed by atoms with E-state index in [1.807, 2.05) is 29.6 Å². The van der Waals surface area contributed by atoms with Gasteiger partial charge >= 0.3 is 0 Å². The number of morpholine rings is 1. The van der Waals surface area contributed by atoms with E-state index in [9.17, 15) is 13.2 Å². The van der Waals surface area contributed by atoms with Crippen LogP contribution in [-0.2, 0) is 19.6 Å². The molecule has 11 heteroatoms. The molecule has 1 aromatic heterocycles. The van der Waals surface area contributed by atoms with Crippen molar-refractivity contribution in [3.8, 4) is 11.3 Å². The number of hydrogen-bond acceptors (Lipinski definition) is 8. The molecule has 1 fully saturated rings. The van der Waals surface area contributed by atoms with E-state index in [-0.39, 0.29) is 29.6 Å². The minimum atomic E-state index is -3.58. The number of ether oxygens (including phenoxy) is 1. The van der Waals surface area contributed by atoms with Crippen LogP contribution in [0.2, 0.25) is 0 Å². The van der Waals surface area contributed by atoms with Gasteiger partial charge in [-0.3, -0.25) is 14.5 Å². The molecule has 1 amide bonds. The lowest BCUT2D eigenvalue weighted by molar-refractivity contribution is -0.116. The van der Waals surface area contributed by atoms with Crippen molar-refractivity contribution >= 4 is 43.9 Å². The van der Waals surface area contributed by atoms with Crippen LogP contribution in [-0.4, -0.2) is 58.0 Å². The number of amides is 1. The number of benzene rings is 2. The number of rotatable bonds is 6. The van der Waals surface area contributed by atoms with E-state index in [0.717, 1.165) is 42.7 Å². The summed E-state index contributed by atoms with van der Waals surface area (Å²) >= 11 is 1.62. The highest BCUT2D eigenvalue weighted by Gasteiger charge is 2.29. The van der Waals surface area contributed by atoms with E-state index < -0.39 is 10.0 Å². The molecule has 9 nitrogen and oxygen atoms in total. The number of hydrogen-bond donors (Lipinski definition) is 2. The predicted molar refractivity (Wildman–Crippen MR) is 132 cm³/mol. The molecule has 2 N–H and O–H groups in total. The number of thiazole rings is 1. The zero-order valence-corrected chi connectivity index (χ0v) is 19.9. The summed E-state index contributed by atoms with van der Waals surface area (Å²) < 4.78 is 32.1. The zero-order valence-electron chi connectivity index (χ0n) is 18.2. The lowest BCUT2D eigenvalue weighted by Gasteiger charge is -2.26. The van der Waals surface area contributed by atoms with Crippen LogP contribution in [0.25, 0.3) is 11.3 Å². The number of anilines is 2. The molecule has 2 aromatic carbocycles. The summed E-state index contributed by atoms with van der Waals surface area (Å²) in [5.74, 6) is 0.0713. The Labute approximate surface area is 201 Å². The second-order valence-electron chi connectivity index (χ2n) is 7.82. The molecule has 3 aromatic rings. The topological polar surface area (TPSA) is 113 Å². The van der Waals surface area contributed by atoms with Gasteiger partial charge in [-0.15, -0.1) is 11.3 Å². The Balaban J connectivity index is 1.16. The number of amidine groups is 1. The average Bonchev–Trinajstić information content (AvgIpc) is 3.44. The molecule has 0 saturated carbocycles. The quantitative estimate of drug-likeness (QED) is 0.542. The summed E-state index contributed by atoms with van der Waals surface area (Å²) in [4.78, 5) is 23.8. The molecule has 5 rings (SSSR count). The van der Waals surface area contributed by atoms with Crippen LogP contribution in [0.5, 0.6) is 0 Å². The van der Waals surface area contributed by atoms with Crippen molar-refractivity contribution in [1.82, 2.24) is 9.71 Å². The first-order valence-corrected chi connectivity index (χ1v) is 13.2. The van der Waals surface area contributed by atoms with Crippen LogP contribution in [0.3, 0.4) is 0 Å². The second-order valence-corrected chi connectivity index (χ2v) is 10.3. The largest absolute Gasteiger partial charge is 0.378 e. The molecule has 2 aliphatic rings. The lowest BCUT2D eigenvalue weighted by atomic mass is 10.1. The van der Waals surface area contributed by atoms with Gasteiger partial charge in [0.15, 0.2) is 5.13 Å². The number of aromatic nitrogens is 1. The molecular weight excluding hydrogens is 474 g/mol. The Hall–Kier alpha value is -3.28. The molecule has 0 spiro atoms. The molecule has 0 bridgehead atoms. The molecule has 0 atom stereocenters. The molecule has 3 heterocycles. The van der Waals surface area contributed by atoms with Crippen molar-refractivity contribution in [2.45, 2.75) is 11.3 Å². The smallest absolute Gasteiger partial charge is 0.263 e. The SMILES string of the molecule is O=C(CCN=C1NS(=O)(=O)c2ccccc21)Nc1ccc(-c2csc(N3CCOCC3)n2)cc1. The standard InChI is InChI=1S/C23H23N5O4S2/c29-21(9-10-24-22-18-3-1-2-4-20(18)34(30,31)27-22)25-17-7-5-16(6-8-17)19-15-33-23(26-19)28-11-13-32-14-12-28/h1-8,15H,9-14H2,(H,24,27)(H,25,29). The Bertz CT molecular complexity index is 1330. The van der Waals surface area contributed by atoms with Gasteiger partial charge in [0.25, 0.3) is 10.0 Å². The van der Waals surface area contributed by atoms with Gasteiger partial charge in [0.05, 0.1) is 30.3 Å². The van der Waals surface area contributed by atoms with Crippen molar-refractivity contribution in [2.24, 2.45) is 4.99 Å². The molecule has 176 valence electrons. The fraction of sp³-hybridized carbons (Fsp3) is 0.261. The Morgan fingerprint density at radius 3 is 2.71 bits per heavy atom. The third-order valence-electron chi connectivity index (χ3n) is 5.51. The number of carbonyl (C=O) groups is 1. The van der Waals surface area contributed by atoms with Crippen molar-refractivity contribution in [3.63, 3.8) is 0 Å². The van der Waals surface area contributed by atoms with E-state index in [0.29, 0.717) is 11.3 Å². The van der Waals surface area contributed by atoms with E-state index in [2.05, 4.69) is 19.9 Å². The Kier molecular flexibility index (Phi) is 6.31. The first-order valence-electron chi connectivity index (χ1n) is 10.8. The number of aliphatic imine (C=N–C) groups is 1. The van der Waals surface area contributed by atoms with Crippen molar-refractivity contribution in [1.29, 1.82) is 0 Å². The third kappa shape index (κ3) is 4.81. The maximum Gasteiger partial charge on any atom is 0.263 e. The highest BCUT2D eigenvalue weighted by molar-refractivity contribution is 7.90. The highest BCUT2D eigenvalue weighted by Crippen LogP contribution is 2.28. The van der Waals surface area contributed by atoms with E-state index in [1.165, 1.54) is 6.07 Å². The summed E-state index contributed by atoms with van der Waals surface area (Å²) in [5.41, 5.74) is 3.08. The van der Waals surface area contributed by atoms with Gasteiger partial charge < -0.3 is 15.0 Å². The van der Waals surface area contributed by atoms with E-state index in [1.54, 1.807) is 29.5 Å². The summed E-state index contributed by atoms with van der Waals surface area (Å²) in [6, 6.07) is 14.2. The summed E-state index contributed by atoms with van der Waals surface area (Å²) in [6.45, 7) is 3.31. The number of nitrogens with zero attached hydrogens (tertiary/aromatic N) is 3. The zero-order chi connectivity index (χ0) is 23.5. The molecule has 0 unspecified atom stereocenters. The normalized spacial score (nSPS) is 17.9. The maximum absolute atomic E-state index is 12.3. The summed E-state index contributed by atoms with van der Waals surface area (Å²) in [5, 5.41) is 5.88. The van der Waals surface area contributed by atoms with Crippen molar-refractivity contribution in [2.75, 3.05) is 43.1 Å². The van der Waals surface area contributed by atoms with Gasteiger partial charge in [-0.05, 0) is 24.3 Å². The van der Waals surface area contributed by atoms with Crippen LogP contribution in [0, 0.1) is 0 Å². The number of fused-ring (bicyclic) bond motifs is 1. The van der Waals surface area contributed by atoms with Gasteiger partial charge in [0, 0.05) is 41.7 Å². The van der Waals surface area contributed by atoms with Crippen molar-refractivity contribution < 1.29 is 17.9 Å². The van der Waals surface area contributed by atoms with Gasteiger partial charge in [0.1, 0.15) is 5.84 Å². The first kappa shape index (κ1) is 22.5. The van der Waals surface area contributed by atoms with Crippen LogP contribution in [0.4, 0.5) is 10.8 Å². The number of carbonyl (C=O) groups excluding carboxylic acids is 1.